The van der Waals surface area contributed by atoms with Gasteiger partial charge in [-0.05, 0) is 43.2 Å². The van der Waals surface area contributed by atoms with Gasteiger partial charge >= 0.3 is 6.18 Å². The number of alkyl halides is 3. The third kappa shape index (κ3) is 3.43. The van der Waals surface area contributed by atoms with Crippen molar-refractivity contribution in [1.29, 1.82) is 0 Å². The first kappa shape index (κ1) is 14.2. The second kappa shape index (κ2) is 5.45. The van der Waals surface area contributed by atoms with Crippen LogP contribution in [-0.2, 0) is 0 Å². The monoisotopic (exact) mass is 276 g/mol. The Morgan fingerprint density at radius 1 is 1.16 bits per heavy atom. The Labute approximate surface area is 109 Å². The molecule has 1 saturated carbocycles. The third-order valence-electron chi connectivity index (χ3n) is 3.85. The molecule has 0 spiro atoms. The molecule has 1 heterocycles. The van der Waals surface area contributed by atoms with E-state index >= 15 is 0 Å². The van der Waals surface area contributed by atoms with Gasteiger partial charge in [0.2, 0.25) is 0 Å². The molecule has 1 atom stereocenters. The number of hydrogen-bond donors (Lipinski definition) is 1. The molecule has 1 aromatic heterocycles. The van der Waals surface area contributed by atoms with Crippen molar-refractivity contribution >= 4 is 0 Å². The quantitative estimate of drug-likeness (QED) is 0.838. The van der Waals surface area contributed by atoms with E-state index in [2.05, 4.69) is 4.98 Å². The fourth-order valence-corrected chi connectivity index (χ4v) is 2.69. The molecule has 0 amide bonds. The molecular formula is C13H16F4N2. The van der Waals surface area contributed by atoms with E-state index in [0.29, 0.717) is 18.4 Å². The van der Waals surface area contributed by atoms with Crippen LogP contribution in [0.5, 0.6) is 0 Å². The van der Waals surface area contributed by atoms with Crippen molar-refractivity contribution in [1.82, 2.24) is 4.98 Å². The lowest BCUT2D eigenvalue weighted by molar-refractivity contribution is -0.184. The maximum Gasteiger partial charge on any atom is 0.391 e. The SMILES string of the molecule is NC(c1cncc(F)c1)C1CCC(C(F)(F)F)CC1. The smallest absolute Gasteiger partial charge is 0.324 e. The zero-order chi connectivity index (χ0) is 14.0. The first-order valence-corrected chi connectivity index (χ1v) is 6.30. The molecule has 106 valence electrons. The normalized spacial score (nSPS) is 26.2. The minimum atomic E-state index is -4.12. The minimum absolute atomic E-state index is 0.0396. The number of aromatic nitrogens is 1. The molecule has 0 saturated heterocycles. The summed E-state index contributed by atoms with van der Waals surface area (Å²) in [6.07, 6.45) is -0.519. The molecule has 1 aromatic rings. The highest BCUT2D eigenvalue weighted by molar-refractivity contribution is 5.15. The fraction of sp³-hybridized carbons (Fsp3) is 0.615. The summed E-state index contributed by atoms with van der Waals surface area (Å²) >= 11 is 0. The van der Waals surface area contributed by atoms with Gasteiger partial charge in [0.25, 0.3) is 0 Å². The molecule has 2 nitrogen and oxygen atoms in total. The zero-order valence-electron chi connectivity index (χ0n) is 10.3. The number of hydrogen-bond acceptors (Lipinski definition) is 2. The highest BCUT2D eigenvalue weighted by Crippen LogP contribution is 2.42. The van der Waals surface area contributed by atoms with Crippen LogP contribution in [0.3, 0.4) is 0 Å². The lowest BCUT2D eigenvalue weighted by Crippen LogP contribution is -2.32. The Morgan fingerprint density at radius 2 is 1.79 bits per heavy atom. The van der Waals surface area contributed by atoms with Crippen LogP contribution in [0, 0.1) is 17.7 Å². The highest BCUT2D eigenvalue weighted by atomic mass is 19.4. The molecule has 1 unspecified atom stereocenters. The third-order valence-corrected chi connectivity index (χ3v) is 3.85. The van der Waals surface area contributed by atoms with Gasteiger partial charge in [-0.2, -0.15) is 13.2 Å². The van der Waals surface area contributed by atoms with Crippen LogP contribution in [0.2, 0.25) is 0 Å². The van der Waals surface area contributed by atoms with Crippen LogP contribution < -0.4 is 5.73 Å². The Bertz CT molecular complexity index is 425. The number of nitrogens with two attached hydrogens (primary N) is 1. The summed E-state index contributed by atoms with van der Waals surface area (Å²) in [6, 6.07) is 0.852. The van der Waals surface area contributed by atoms with Crippen molar-refractivity contribution in [3.05, 3.63) is 29.8 Å². The minimum Gasteiger partial charge on any atom is -0.324 e. The van der Waals surface area contributed by atoms with Gasteiger partial charge in [-0.15, -0.1) is 0 Å². The van der Waals surface area contributed by atoms with Crippen molar-refractivity contribution in [2.75, 3.05) is 0 Å². The topological polar surface area (TPSA) is 38.9 Å². The lowest BCUT2D eigenvalue weighted by Gasteiger charge is -2.33. The van der Waals surface area contributed by atoms with Gasteiger partial charge in [0.05, 0.1) is 12.1 Å². The molecule has 0 radical (unpaired) electrons. The molecule has 1 fully saturated rings. The average molecular weight is 276 g/mol. The number of pyridine rings is 1. The van der Waals surface area contributed by atoms with Gasteiger partial charge in [-0.1, -0.05) is 0 Å². The molecular weight excluding hydrogens is 260 g/mol. The summed E-state index contributed by atoms with van der Waals surface area (Å²) in [5, 5.41) is 0. The molecule has 1 aliphatic rings. The van der Waals surface area contributed by atoms with Crippen LogP contribution in [0.4, 0.5) is 17.6 Å². The highest BCUT2D eigenvalue weighted by Gasteiger charge is 2.42. The van der Waals surface area contributed by atoms with E-state index in [1.807, 2.05) is 0 Å². The van der Waals surface area contributed by atoms with Crippen molar-refractivity contribution in [3.63, 3.8) is 0 Å². The number of halogens is 4. The fourth-order valence-electron chi connectivity index (χ4n) is 2.69. The standard InChI is InChI=1S/C13H16F4N2/c14-11-5-9(6-19-7-11)12(18)8-1-3-10(4-2-8)13(15,16)17/h5-8,10,12H,1-4,18H2. The molecule has 6 heteroatoms. The summed E-state index contributed by atoms with van der Waals surface area (Å²) in [6.45, 7) is 0. The molecule has 0 aromatic carbocycles. The van der Waals surface area contributed by atoms with Crippen molar-refractivity contribution < 1.29 is 17.6 Å². The van der Waals surface area contributed by atoms with Gasteiger partial charge in [0, 0.05) is 12.2 Å². The summed E-state index contributed by atoms with van der Waals surface area (Å²) in [7, 11) is 0. The summed E-state index contributed by atoms with van der Waals surface area (Å²) in [5.41, 5.74) is 6.56. The predicted octanol–water partition coefficient (Wildman–Crippen LogP) is 3.59. The van der Waals surface area contributed by atoms with Crippen molar-refractivity contribution in [2.45, 2.75) is 37.9 Å². The molecule has 19 heavy (non-hydrogen) atoms. The van der Waals surface area contributed by atoms with Crippen LogP contribution in [0.15, 0.2) is 18.5 Å². The van der Waals surface area contributed by atoms with Crippen LogP contribution in [-0.4, -0.2) is 11.2 Å². The Kier molecular flexibility index (Phi) is 4.08. The van der Waals surface area contributed by atoms with Gasteiger partial charge in [-0.25, -0.2) is 4.39 Å². The largest absolute Gasteiger partial charge is 0.391 e. The molecule has 2 rings (SSSR count). The van der Waals surface area contributed by atoms with Crippen molar-refractivity contribution in [3.8, 4) is 0 Å². The summed E-state index contributed by atoms with van der Waals surface area (Å²) in [4.78, 5) is 3.72. The lowest BCUT2D eigenvalue weighted by atomic mass is 9.77. The maximum atomic E-state index is 13.0. The predicted molar refractivity (Wildman–Crippen MR) is 62.6 cm³/mol. The van der Waals surface area contributed by atoms with E-state index < -0.39 is 24.0 Å². The molecule has 0 aliphatic heterocycles. The first-order valence-electron chi connectivity index (χ1n) is 6.30. The molecule has 0 bridgehead atoms. The van der Waals surface area contributed by atoms with Gasteiger partial charge in [-0.3, -0.25) is 4.98 Å². The van der Waals surface area contributed by atoms with Gasteiger partial charge in [0.15, 0.2) is 0 Å². The summed E-state index contributed by atoms with van der Waals surface area (Å²) < 4.78 is 50.7. The summed E-state index contributed by atoms with van der Waals surface area (Å²) in [5.74, 6) is -1.74. The van der Waals surface area contributed by atoms with E-state index in [4.69, 9.17) is 5.73 Å². The van der Waals surface area contributed by atoms with Crippen LogP contribution >= 0.6 is 0 Å². The van der Waals surface area contributed by atoms with Gasteiger partial charge in [0.1, 0.15) is 5.82 Å². The Balaban J connectivity index is 1.98. The number of nitrogens with zero attached hydrogens (tertiary/aromatic N) is 1. The zero-order valence-corrected chi connectivity index (χ0v) is 10.3. The van der Waals surface area contributed by atoms with E-state index in [1.165, 1.54) is 12.3 Å². The van der Waals surface area contributed by atoms with E-state index in [1.54, 1.807) is 0 Å². The molecule has 2 N–H and O–H groups in total. The van der Waals surface area contributed by atoms with E-state index in [9.17, 15) is 17.6 Å². The van der Waals surface area contributed by atoms with E-state index in [-0.39, 0.29) is 18.8 Å². The number of rotatable bonds is 2. The Hall–Kier alpha value is -1.17. The molecule has 1 aliphatic carbocycles. The van der Waals surface area contributed by atoms with Crippen LogP contribution in [0.25, 0.3) is 0 Å². The second-order valence-corrected chi connectivity index (χ2v) is 5.12. The Morgan fingerprint density at radius 3 is 2.32 bits per heavy atom. The second-order valence-electron chi connectivity index (χ2n) is 5.12. The maximum absolute atomic E-state index is 13.0. The van der Waals surface area contributed by atoms with Crippen molar-refractivity contribution in [2.24, 2.45) is 17.6 Å². The van der Waals surface area contributed by atoms with Crippen LogP contribution in [0.1, 0.15) is 37.3 Å². The average Bonchev–Trinajstić information content (AvgIpc) is 2.37. The first-order chi connectivity index (χ1) is 8.88. The van der Waals surface area contributed by atoms with E-state index in [0.717, 1.165) is 6.20 Å². The van der Waals surface area contributed by atoms with Gasteiger partial charge < -0.3 is 5.73 Å².